The molecule has 0 bridgehead atoms. The summed E-state index contributed by atoms with van der Waals surface area (Å²) < 4.78 is 2.03. The minimum Gasteiger partial charge on any atom is -0.352 e. The second-order valence-electron chi connectivity index (χ2n) is 9.88. The van der Waals surface area contributed by atoms with Crippen LogP contribution < -0.4 is 5.32 Å². The van der Waals surface area contributed by atoms with Gasteiger partial charge in [-0.25, -0.2) is 4.98 Å². The molecular formula is C31H36N4O2. The lowest BCUT2D eigenvalue weighted by molar-refractivity contribution is -0.134. The Morgan fingerprint density at radius 3 is 2.43 bits per heavy atom. The number of para-hydroxylation sites is 2. The molecule has 0 fully saturated rings. The maximum Gasteiger partial charge on any atom is 0.251 e. The number of fused-ring (bicyclic) bond motifs is 1. The summed E-state index contributed by atoms with van der Waals surface area (Å²) >= 11 is 0. The molecule has 0 saturated carbocycles. The number of carbonyl (C=O) groups excluding carboxylic acids is 2. The number of hydrogen-bond acceptors (Lipinski definition) is 3. The van der Waals surface area contributed by atoms with Crippen LogP contribution in [0.15, 0.2) is 72.8 Å². The molecule has 2 amide bonds. The normalized spacial score (nSPS) is 11.2. The van der Waals surface area contributed by atoms with Crippen molar-refractivity contribution in [3.63, 3.8) is 0 Å². The molecule has 4 aromatic rings. The van der Waals surface area contributed by atoms with Gasteiger partial charge in [-0.1, -0.05) is 60.2 Å². The van der Waals surface area contributed by atoms with Crippen molar-refractivity contribution in [2.24, 2.45) is 0 Å². The van der Waals surface area contributed by atoms with Crippen LogP contribution in [0.3, 0.4) is 0 Å². The zero-order valence-electron chi connectivity index (χ0n) is 22.2. The summed E-state index contributed by atoms with van der Waals surface area (Å²) in [7, 11) is 0. The Morgan fingerprint density at radius 1 is 0.973 bits per heavy atom. The Balaban J connectivity index is 1.45. The van der Waals surface area contributed by atoms with Crippen LogP contribution in [0.4, 0.5) is 0 Å². The Morgan fingerprint density at radius 2 is 1.70 bits per heavy atom. The van der Waals surface area contributed by atoms with Gasteiger partial charge in [-0.05, 0) is 63.4 Å². The van der Waals surface area contributed by atoms with E-state index in [0.29, 0.717) is 25.1 Å². The fourth-order valence-electron chi connectivity index (χ4n) is 4.67. The Labute approximate surface area is 219 Å². The quantitative estimate of drug-likeness (QED) is 0.297. The number of hydrogen-bond donors (Lipinski definition) is 1. The smallest absolute Gasteiger partial charge is 0.251 e. The summed E-state index contributed by atoms with van der Waals surface area (Å²) in [6.07, 6.45) is 1.39. The van der Waals surface area contributed by atoms with Crippen molar-refractivity contribution in [3.05, 3.63) is 101 Å². The zero-order valence-corrected chi connectivity index (χ0v) is 22.2. The van der Waals surface area contributed by atoms with Crippen molar-refractivity contribution in [2.45, 2.75) is 59.7 Å². The summed E-state index contributed by atoms with van der Waals surface area (Å²) in [5, 5.41) is 3.03. The maximum absolute atomic E-state index is 13.5. The number of aryl methyl sites for hydroxylation is 3. The van der Waals surface area contributed by atoms with E-state index in [1.165, 1.54) is 0 Å². The number of nitrogens with one attached hydrogen (secondary N) is 1. The van der Waals surface area contributed by atoms with Gasteiger partial charge in [0.15, 0.2) is 0 Å². The van der Waals surface area contributed by atoms with Crippen LogP contribution in [-0.4, -0.2) is 38.9 Å². The van der Waals surface area contributed by atoms with E-state index in [-0.39, 0.29) is 24.4 Å². The van der Waals surface area contributed by atoms with Crippen LogP contribution in [0.1, 0.15) is 53.1 Å². The van der Waals surface area contributed by atoms with E-state index in [1.54, 1.807) is 0 Å². The minimum atomic E-state index is -0.0605. The molecule has 0 radical (unpaired) electrons. The first-order chi connectivity index (χ1) is 17.8. The predicted octanol–water partition coefficient (Wildman–Crippen LogP) is 5.45. The van der Waals surface area contributed by atoms with Crippen LogP contribution >= 0.6 is 0 Å². The van der Waals surface area contributed by atoms with Crippen LogP contribution in [0.5, 0.6) is 0 Å². The molecule has 4 rings (SSSR count). The van der Waals surface area contributed by atoms with Gasteiger partial charge in [0.2, 0.25) is 5.91 Å². The van der Waals surface area contributed by atoms with Gasteiger partial charge < -0.3 is 14.8 Å². The molecule has 0 aliphatic carbocycles. The van der Waals surface area contributed by atoms with Crippen LogP contribution in [0.25, 0.3) is 11.0 Å². The minimum absolute atomic E-state index is 0.0605. The second kappa shape index (κ2) is 11.9. The zero-order chi connectivity index (χ0) is 26.4. The highest BCUT2D eigenvalue weighted by Gasteiger charge is 2.21. The van der Waals surface area contributed by atoms with E-state index in [2.05, 4.69) is 5.32 Å². The van der Waals surface area contributed by atoms with Gasteiger partial charge in [-0.15, -0.1) is 0 Å². The standard InChI is InChI=1S/C31H36N4O2/c1-22(2)34(20-25-11-6-5-7-12-25)30(36)21-35-28-14-9-8-13-27(28)33-29(35)15-10-18-32-31(37)26-17-16-23(3)19-24(26)4/h5-9,11-14,16-17,19,22H,10,15,18,20-21H2,1-4H3,(H,32,37). The van der Waals surface area contributed by atoms with Crippen molar-refractivity contribution in [1.29, 1.82) is 0 Å². The molecular weight excluding hydrogens is 460 g/mol. The molecule has 1 N–H and O–H groups in total. The molecule has 0 aliphatic rings. The van der Waals surface area contributed by atoms with E-state index in [9.17, 15) is 9.59 Å². The molecule has 1 heterocycles. The number of carbonyl (C=O) groups is 2. The third kappa shape index (κ3) is 6.45. The summed E-state index contributed by atoms with van der Waals surface area (Å²) in [4.78, 5) is 32.9. The largest absolute Gasteiger partial charge is 0.352 e. The molecule has 3 aromatic carbocycles. The monoisotopic (exact) mass is 496 g/mol. The lowest BCUT2D eigenvalue weighted by atomic mass is 10.1. The van der Waals surface area contributed by atoms with E-state index in [1.807, 2.05) is 110 Å². The fourth-order valence-corrected chi connectivity index (χ4v) is 4.67. The lowest BCUT2D eigenvalue weighted by Gasteiger charge is -2.27. The van der Waals surface area contributed by atoms with Crippen LogP contribution in [-0.2, 0) is 24.3 Å². The molecule has 37 heavy (non-hydrogen) atoms. The second-order valence-corrected chi connectivity index (χ2v) is 9.88. The van der Waals surface area contributed by atoms with Gasteiger partial charge in [0, 0.05) is 31.1 Å². The number of rotatable bonds is 10. The van der Waals surface area contributed by atoms with E-state index < -0.39 is 0 Å². The number of imidazole rings is 1. The lowest BCUT2D eigenvalue weighted by Crippen LogP contribution is -2.38. The molecule has 0 atom stereocenters. The summed E-state index contributed by atoms with van der Waals surface area (Å²) in [6.45, 7) is 9.42. The van der Waals surface area contributed by atoms with Gasteiger partial charge >= 0.3 is 0 Å². The predicted molar refractivity (Wildman–Crippen MR) is 148 cm³/mol. The molecule has 0 unspecified atom stereocenters. The summed E-state index contributed by atoms with van der Waals surface area (Å²) in [5.74, 6) is 0.861. The number of nitrogens with zero attached hydrogens (tertiary/aromatic N) is 3. The summed E-state index contributed by atoms with van der Waals surface area (Å²) in [5.41, 5.74) is 5.76. The first kappa shape index (κ1) is 26.1. The maximum atomic E-state index is 13.5. The van der Waals surface area contributed by atoms with Gasteiger partial charge in [-0.3, -0.25) is 9.59 Å². The highest BCUT2D eigenvalue weighted by atomic mass is 16.2. The van der Waals surface area contributed by atoms with Crippen molar-refractivity contribution < 1.29 is 9.59 Å². The average Bonchev–Trinajstić information content (AvgIpc) is 3.22. The Hall–Kier alpha value is -3.93. The molecule has 0 spiro atoms. The number of aromatic nitrogens is 2. The van der Waals surface area contributed by atoms with Crippen LogP contribution in [0.2, 0.25) is 0 Å². The topological polar surface area (TPSA) is 67.2 Å². The highest BCUT2D eigenvalue weighted by molar-refractivity contribution is 5.95. The highest BCUT2D eigenvalue weighted by Crippen LogP contribution is 2.19. The molecule has 6 heteroatoms. The SMILES string of the molecule is Cc1ccc(C(=O)NCCCc2nc3ccccc3n2CC(=O)N(Cc2ccccc2)C(C)C)c(C)c1. The average molecular weight is 497 g/mol. The van der Waals surface area contributed by atoms with Crippen molar-refractivity contribution in [2.75, 3.05) is 6.54 Å². The number of amides is 2. The van der Waals surface area contributed by atoms with E-state index >= 15 is 0 Å². The van der Waals surface area contributed by atoms with Gasteiger partial charge in [0.25, 0.3) is 5.91 Å². The van der Waals surface area contributed by atoms with E-state index in [4.69, 9.17) is 4.98 Å². The van der Waals surface area contributed by atoms with Gasteiger partial charge in [0.1, 0.15) is 12.4 Å². The summed E-state index contributed by atoms with van der Waals surface area (Å²) in [6, 6.07) is 23.9. The van der Waals surface area contributed by atoms with Crippen molar-refractivity contribution in [1.82, 2.24) is 19.8 Å². The van der Waals surface area contributed by atoms with Gasteiger partial charge in [0.05, 0.1) is 11.0 Å². The Kier molecular flexibility index (Phi) is 8.39. The molecule has 0 saturated heterocycles. The first-order valence-corrected chi connectivity index (χ1v) is 13.0. The molecule has 6 nitrogen and oxygen atoms in total. The third-order valence-electron chi connectivity index (χ3n) is 6.66. The van der Waals surface area contributed by atoms with E-state index in [0.717, 1.165) is 40.0 Å². The number of benzene rings is 3. The Bertz CT molecular complexity index is 1370. The fraction of sp³-hybridized carbons (Fsp3) is 0.323. The van der Waals surface area contributed by atoms with Crippen molar-refractivity contribution >= 4 is 22.8 Å². The molecule has 1 aromatic heterocycles. The van der Waals surface area contributed by atoms with Crippen molar-refractivity contribution in [3.8, 4) is 0 Å². The van der Waals surface area contributed by atoms with Crippen LogP contribution in [0, 0.1) is 13.8 Å². The first-order valence-electron chi connectivity index (χ1n) is 13.0. The van der Waals surface area contributed by atoms with Gasteiger partial charge in [-0.2, -0.15) is 0 Å². The molecule has 192 valence electrons. The third-order valence-corrected chi connectivity index (χ3v) is 6.66. The molecule has 0 aliphatic heterocycles.